The zero-order valence-electron chi connectivity index (χ0n) is 10.5. The highest BCUT2D eigenvalue weighted by atomic mass is 16.3. The van der Waals surface area contributed by atoms with Crippen molar-refractivity contribution in [1.82, 2.24) is 15.0 Å². The van der Waals surface area contributed by atoms with Crippen LogP contribution in [0.1, 0.15) is 57.7 Å². The lowest BCUT2D eigenvalue weighted by atomic mass is 10.1. The minimum atomic E-state index is -0.978. The lowest BCUT2D eigenvalue weighted by molar-refractivity contribution is 0.0733. The third-order valence-corrected chi connectivity index (χ3v) is 3.42. The molecule has 17 heavy (non-hydrogen) atoms. The van der Waals surface area contributed by atoms with Crippen molar-refractivity contribution in [1.29, 1.82) is 0 Å². The lowest BCUT2D eigenvalue weighted by Crippen LogP contribution is -2.23. The molecule has 2 N–H and O–H groups in total. The van der Waals surface area contributed by atoms with Gasteiger partial charge in [0, 0.05) is 0 Å². The van der Waals surface area contributed by atoms with Crippen molar-refractivity contribution in [2.24, 2.45) is 0 Å². The van der Waals surface area contributed by atoms with Gasteiger partial charge in [0.05, 0.1) is 18.3 Å². The summed E-state index contributed by atoms with van der Waals surface area (Å²) in [4.78, 5) is 0. The number of hydrogen-bond donors (Lipinski definition) is 2. The van der Waals surface area contributed by atoms with Crippen LogP contribution in [-0.4, -0.2) is 31.3 Å². The quantitative estimate of drug-likeness (QED) is 0.765. The largest absolute Gasteiger partial charge is 0.391 e. The van der Waals surface area contributed by atoms with Crippen LogP contribution >= 0.6 is 0 Å². The van der Waals surface area contributed by atoms with E-state index in [2.05, 4.69) is 10.3 Å². The summed E-state index contributed by atoms with van der Waals surface area (Å²) in [6.07, 6.45) is 6.50. The van der Waals surface area contributed by atoms with Crippen LogP contribution in [0.15, 0.2) is 6.20 Å². The van der Waals surface area contributed by atoms with Crippen molar-refractivity contribution < 1.29 is 10.2 Å². The summed E-state index contributed by atoms with van der Waals surface area (Å²) in [6.45, 7) is 3.37. The molecule has 1 aromatic rings. The normalized spacial score (nSPS) is 26.8. The molecule has 0 saturated heterocycles. The van der Waals surface area contributed by atoms with Crippen molar-refractivity contribution in [3.8, 4) is 0 Å². The Morgan fingerprint density at radius 1 is 1.29 bits per heavy atom. The number of rotatable bonds is 2. The van der Waals surface area contributed by atoms with E-state index in [1.54, 1.807) is 24.7 Å². The van der Waals surface area contributed by atoms with Gasteiger partial charge in [-0.2, -0.15) is 0 Å². The van der Waals surface area contributed by atoms with E-state index in [0.29, 0.717) is 5.69 Å². The molecule has 1 aliphatic rings. The van der Waals surface area contributed by atoms with Crippen LogP contribution < -0.4 is 0 Å². The molecule has 1 fully saturated rings. The van der Waals surface area contributed by atoms with Crippen molar-refractivity contribution in [2.75, 3.05) is 0 Å². The fraction of sp³-hybridized carbons (Fsp3) is 0.833. The van der Waals surface area contributed by atoms with Crippen LogP contribution in [0.2, 0.25) is 0 Å². The summed E-state index contributed by atoms with van der Waals surface area (Å²) in [6, 6.07) is 0.00102. The fourth-order valence-electron chi connectivity index (χ4n) is 2.30. The first-order valence-electron chi connectivity index (χ1n) is 6.31. The van der Waals surface area contributed by atoms with Crippen LogP contribution in [0.4, 0.5) is 0 Å². The second-order valence-electron chi connectivity index (χ2n) is 5.42. The Bertz CT molecular complexity index is 370. The van der Waals surface area contributed by atoms with Crippen LogP contribution in [-0.2, 0) is 5.60 Å². The summed E-state index contributed by atoms with van der Waals surface area (Å²) in [5.74, 6) is 0. The van der Waals surface area contributed by atoms with E-state index in [1.807, 2.05) is 0 Å². The molecule has 2 rings (SSSR count). The maximum absolute atomic E-state index is 10.1. The van der Waals surface area contributed by atoms with Gasteiger partial charge in [-0.15, -0.1) is 5.10 Å². The monoisotopic (exact) mass is 239 g/mol. The molecule has 5 heteroatoms. The van der Waals surface area contributed by atoms with Gasteiger partial charge in [0.15, 0.2) is 0 Å². The molecule has 2 atom stereocenters. The zero-order valence-corrected chi connectivity index (χ0v) is 10.5. The summed E-state index contributed by atoms with van der Waals surface area (Å²) in [5, 5.41) is 27.9. The van der Waals surface area contributed by atoms with Gasteiger partial charge in [-0.3, -0.25) is 0 Å². The molecular formula is C12H21N3O2. The predicted molar refractivity (Wildman–Crippen MR) is 63.4 cm³/mol. The van der Waals surface area contributed by atoms with E-state index in [0.717, 1.165) is 25.7 Å². The molecule has 0 bridgehead atoms. The van der Waals surface area contributed by atoms with Gasteiger partial charge in [0.25, 0.3) is 0 Å². The van der Waals surface area contributed by atoms with E-state index < -0.39 is 5.60 Å². The maximum atomic E-state index is 10.1. The van der Waals surface area contributed by atoms with Crippen LogP contribution in [0.25, 0.3) is 0 Å². The zero-order chi connectivity index (χ0) is 12.5. The molecule has 2 unspecified atom stereocenters. The maximum Gasteiger partial charge on any atom is 0.114 e. The van der Waals surface area contributed by atoms with Crippen LogP contribution in [0.5, 0.6) is 0 Å². The summed E-state index contributed by atoms with van der Waals surface area (Å²) < 4.78 is 1.71. The Labute approximate surface area is 101 Å². The molecule has 1 heterocycles. The summed E-state index contributed by atoms with van der Waals surface area (Å²) in [5.41, 5.74) is -0.428. The summed E-state index contributed by atoms with van der Waals surface area (Å²) >= 11 is 0. The first-order chi connectivity index (χ1) is 7.98. The first-order valence-corrected chi connectivity index (χ1v) is 6.31. The van der Waals surface area contributed by atoms with Crippen LogP contribution in [0, 0.1) is 0 Å². The fourth-order valence-corrected chi connectivity index (χ4v) is 2.30. The van der Waals surface area contributed by atoms with E-state index in [4.69, 9.17) is 0 Å². The highest BCUT2D eigenvalue weighted by Gasteiger charge is 2.27. The SMILES string of the molecule is CC(C)(O)c1cn(C2CCCCCC2O)nn1. The molecule has 0 aliphatic heterocycles. The minimum Gasteiger partial charge on any atom is -0.391 e. The third kappa shape index (κ3) is 2.84. The Morgan fingerprint density at radius 3 is 2.65 bits per heavy atom. The van der Waals surface area contributed by atoms with Gasteiger partial charge in [0.1, 0.15) is 11.3 Å². The number of hydrogen-bond acceptors (Lipinski definition) is 4. The third-order valence-electron chi connectivity index (χ3n) is 3.42. The Kier molecular flexibility index (Phi) is 3.49. The van der Waals surface area contributed by atoms with E-state index >= 15 is 0 Å². The Hall–Kier alpha value is -0.940. The average Bonchev–Trinajstić information content (AvgIpc) is 2.63. The Balaban J connectivity index is 2.18. The number of aromatic nitrogens is 3. The molecule has 96 valence electrons. The van der Waals surface area contributed by atoms with Crippen molar-refractivity contribution in [3.05, 3.63) is 11.9 Å². The topological polar surface area (TPSA) is 71.2 Å². The molecular weight excluding hydrogens is 218 g/mol. The van der Waals surface area contributed by atoms with Crippen molar-refractivity contribution in [3.63, 3.8) is 0 Å². The lowest BCUT2D eigenvalue weighted by Gasteiger charge is -2.20. The second-order valence-corrected chi connectivity index (χ2v) is 5.42. The van der Waals surface area contributed by atoms with Crippen LogP contribution in [0.3, 0.4) is 0 Å². The molecule has 0 radical (unpaired) electrons. The molecule has 0 aromatic carbocycles. The van der Waals surface area contributed by atoms with Gasteiger partial charge < -0.3 is 10.2 Å². The van der Waals surface area contributed by atoms with Crippen molar-refractivity contribution in [2.45, 2.75) is 63.7 Å². The smallest absolute Gasteiger partial charge is 0.114 e. The highest BCUT2D eigenvalue weighted by molar-refractivity contribution is 5.03. The predicted octanol–water partition coefficient (Wildman–Crippen LogP) is 1.37. The molecule has 0 amide bonds. The second kappa shape index (κ2) is 4.74. The molecule has 5 nitrogen and oxygen atoms in total. The first kappa shape index (κ1) is 12.5. The number of nitrogens with zero attached hydrogens (tertiary/aromatic N) is 3. The van der Waals surface area contributed by atoms with Gasteiger partial charge in [-0.1, -0.05) is 24.5 Å². The average molecular weight is 239 g/mol. The highest BCUT2D eigenvalue weighted by Crippen LogP contribution is 2.28. The van der Waals surface area contributed by atoms with Gasteiger partial charge in [-0.05, 0) is 26.7 Å². The van der Waals surface area contributed by atoms with Gasteiger partial charge >= 0.3 is 0 Å². The van der Waals surface area contributed by atoms with E-state index in [-0.39, 0.29) is 12.1 Å². The summed E-state index contributed by atoms with van der Waals surface area (Å²) in [7, 11) is 0. The number of aliphatic hydroxyl groups excluding tert-OH is 1. The van der Waals surface area contributed by atoms with Gasteiger partial charge in [-0.25, -0.2) is 4.68 Å². The molecule has 0 spiro atoms. The van der Waals surface area contributed by atoms with Crippen molar-refractivity contribution >= 4 is 0 Å². The molecule has 1 saturated carbocycles. The van der Waals surface area contributed by atoms with E-state index in [1.165, 1.54) is 6.42 Å². The molecule has 1 aliphatic carbocycles. The minimum absolute atomic E-state index is 0.00102. The standard InChI is InChI=1S/C12H21N3O2/c1-12(2,17)11-8-15(14-13-11)9-6-4-3-5-7-10(9)16/h8-10,16-17H,3-7H2,1-2H3. The van der Waals surface area contributed by atoms with Gasteiger partial charge in [0.2, 0.25) is 0 Å². The Morgan fingerprint density at radius 2 is 2.00 bits per heavy atom. The van der Waals surface area contributed by atoms with E-state index in [9.17, 15) is 10.2 Å². The molecule has 1 aromatic heterocycles. The number of aliphatic hydroxyl groups is 2.